The van der Waals surface area contributed by atoms with E-state index in [1.807, 2.05) is 0 Å². The number of hydrogen-bond donors (Lipinski definition) is 2. The normalized spacial score (nSPS) is 10.3. The molecule has 0 saturated heterocycles. The Morgan fingerprint density at radius 1 is 1.18 bits per heavy atom. The molecule has 0 aliphatic carbocycles. The highest BCUT2D eigenvalue weighted by Gasteiger charge is 2.13. The number of carbonyl (C=O) groups excluding carboxylic acids is 1. The van der Waals surface area contributed by atoms with Crippen LogP contribution in [0.1, 0.15) is 10.6 Å². The standard InChI is InChI=1S/C10H6Cl3N3O/c11-5-1-3-6(4-2-5)14-10(17)9-15-7(12)8(13)16-9/h1-4H,(H,14,17)(H,15,16). The van der Waals surface area contributed by atoms with Crippen LogP contribution in [-0.4, -0.2) is 15.9 Å². The van der Waals surface area contributed by atoms with Crippen molar-refractivity contribution in [2.45, 2.75) is 0 Å². The summed E-state index contributed by atoms with van der Waals surface area (Å²) < 4.78 is 0. The van der Waals surface area contributed by atoms with Gasteiger partial charge in [-0.15, -0.1) is 0 Å². The van der Waals surface area contributed by atoms with E-state index in [-0.39, 0.29) is 16.1 Å². The number of H-pyrrole nitrogens is 1. The number of nitrogens with zero attached hydrogens (tertiary/aromatic N) is 1. The van der Waals surface area contributed by atoms with Crippen LogP contribution in [0.5, 0.6) is 0 Å². The average Bonchev–Trinajstić information content (AvgIpc) is 2.63. The molecule has 1 heterocycles. The number of aromatic amines is 1. The number of rotatable bonds is 2. The number of hydrogen-bond acceptors (Lipinski definition) is 2. The van der Waals surface area contributed by atoms with Gasteiger partial charge in [-0.1, -0.05) is 34.8 Å². The molecular formula is C10H6Cl3N3O. The van der Waals surface area contributed by atoms with Crippen molar-refractivity contribution in [3.05, 3.63) is 45.4 Å². The number of anilines is 1. The van der Waals surface area contributed by atoms with Crippen molar-refractivity contribution in [3.8, 4) is 0 Å². The summed E-state index contributed by atoms with van der Waals surface area (Å²) in [6, 6.07) is 6.68. The molecule has 0 radical (unpaired) electrons. The Morgan fingerprint density at radius 3 is 2.35 bits per heavy atom. The van der Waals surface area contributed by atoms with Crippen molar-refractivity contribution in [1.29, 1.82) is 0 Å². The Hall–Kier alpha value is -1.23. The highest BCUT2D eigenvalue weighted by molar-refractivity contribution is 6.40. The molecule has 1 aromatic heterocycles. The fourth-order valence-corrected chi connectivity index (χ4v) is 1.55. The minimum absolute atomic E-state index is 0.0509. The van der Waals surface area contributed by atoms with Gasteiger partial charge in [0.15, 0.2) is 11.0 Å². The molecule has 2 aromatic rings. The zero-order valence-corrected chi connectivity index (χ0v) is 10.6. The molecule has 0 saturated carbocycles. The van der Waals surface area contributed by atoms with E-state index in [0.717, 1.165) is 0 Å². The van der Waals surface area contributed by atoms with Crippen LogP contribution >= 0.6 is 34.8 Å². The van der Waals surface area contributed by atoms with E-state index in [0.29, 0.717) is 10.7 Å². The van der Waals surface area contributed by atoms with Crippen molar-refractivity contribution in [2.24, 2.45) is 0 Å². The number of carbonyl (C=O) groups is 1. The van der Waals surface area contributed by atoms with E-state index in [2.05, 4.69) is 15.3 Å². The summed E-state index contributed by atoms with van der Waals surface area (Å²) >= 11 is 17.0. The minimum Gasteiger partial charge on any atom is -0.324 e. The average molecular weight is 291 g/mol. The van der Waals surface area contributed by atoms with E-state index < -0.39 is 5.91 Å². The number of imidazole rings is 1. The maximum Gasteiger partial charge on any atom is 0.291 e. The van der Waals surface area contributed by atoms with Gasteiger partial charge in [0.1, 0.15) is 5.15 Å². The van der Waals surface area contributed by atoms with Gasteiger partial charge in [-0.05, 0) is 24.3 Å². The van der Waals surface area contributed by atoms with Gasteiger partial charge in [-0.3, -0.25) is 4.79 Å². The molecule has 2 rings (SSSR count). The molecule has 0 fully saturated rings. The zero-order chi connectivity index (χ0) is 12.4. The molecule has 4 nitrogen and oxygen atoms in total. The van der Waals surface area contributed by atoms with Crippen molar-refractivity contribution in [2.75, 3.05) is 5.32 Å². The first kappa shape index (κ1) is 12.2. The fraction of sp³-hybridized carbons (Fsp3) is 0. The van der Waals surface area contributed by atoms with Gasteiger partial charge in [0.05, 0.1) is 0 Å². The summed E-state index contributed by atoms with van der Waals surface area (Å²) in [5.41, 5.74) is 0.600. The number of benzene rings is 1. The second-order valence-electron chi connectivity index (χ2n) is 3.15. The van der Waals surface area contributed by atoms with Gasteiger partial charge in [0.25, 0.3) is 5.91 Å². The molecule has 0 aliphatic rings. The first-order valence-corrected chi connectivity index (χ1v) is 5.67. The summed E-state index contributed by atoms with van der Waals surface area (Å²) in [6.07, 6.45) is 0. The molecule has 0 aliphatic heterocycles. The Morgan fingerprint density at radius 2 is 1.82 bits per heavy atom. The van der Waals surface area contributed by atoms with E-state index in [1.165, 1.54) is 0 Å². The zero-order valence-electron chi connectivity index (χ0n) is 8.30. The van der Waals surface area contributed by atoms with E-state index >= 15 is 0 Å². The van der Waals surface area contributed by atoms with Gasteiger partial charge in [0.2, 0.25) is 0 Å². The highest BCUT2D eigenvalue weighted by Crippen LogP contribution is 2.19. The second kappa shape index (κ2) is 4.96. The Kier molecular flexibility index (Phi) is 3.57. The largest absolute Gasteiger partial charge is 0.324 e. The minimum atomic E-state index is -0.430. The maximum absolute atomic E-state index is 11.7. The molecule has 0 spiro atoms. The number of halogens is 3. The van der Waals surface area contributed by atoms with Crippen LogP contribution in [0.3, 0.4) is 0 Å². The van der Waals surface area contributed by atoms with Crippen LogP contribution in [0.25, 0.3) is 0 Å². The summed E-state index contributed by atoms with van der Waals surface area (Å²) in [6.45, 7) is 0. The third-order valence-electron chi connectivity index (χ3n) is 1.94. The van der Waals surface area contributed by atoms with Crippen LogP contribution in [0.15, 0.2) is 24.3 Å². The maximum atomic E-state index is 11.7. The number of amides is 1. The molecule has 0 bridgehead atoms. The molecule has 0 unspecified atom stereocenters. The Labute approximate surface area is 112 Å². The first-order valence-electron chi connectivity index (χ1n) is 4.54. The Bertz CT molecular complexity index is 531. The topological polar surface area (TPSA) is 57.8 Å². The molecule has 1 amide bonds. The molecule has 88 valence electrons. The summed E-state index contributed by atoms with van der Waals surface area (Å²) in [5, 5.41) is 3.40. The van der Waals surface area contributed by atoms with Crippen LogP contribution < -0.4 is 5.32 Å². The molecular weight excluding hydrogens is 284 g/mol. The Balaban J connectivity index is 2.14. The van der Waals surface area contributed by atoms with Crippen molar-refractivity contribution in [3.63, 3.8) is 0 Å². The quantitative estimate of drug-likeness (QED) is 0.887. The lowest BCUT2D eigenvalue weighted by Gasteiger charge is -2.02. The molecule has 17 heavy (non-hydrogen) atoms. The van der Waals surface area contributed by atoms with Gasteiger partial charge >= 0.3 is 0 Å². The van der Waals surface area contributed by atoms with Crippen LogP contribution in [-0.2, 0) is 0 Å². The van der Waals surface area contributed by atoms with E-state index in [4.69, 9.17) is 34.8 Å². The summed E-state index contributed by atoms with van der Waals surface area (Å²) in [5.74, 6) is -0.379. The predicted molar refractivity (Wildman–Crippen MR) is 68.0 cm³/mol. The molecule has 0 atom stereocenters. The highest BCUT2D eigenvalue weighted by atomic mass is 35.5. The van der Waals surface area contributed by atoms with E-state index in [9.17, 15) is 4.79 Å². The summed E-state index contributed by atoms with van der Waals surface area (Å²) in [7, 11) is 0. The number of nitrogens with one attached hydrogen (secondary N) is 2. The van der Waals surface area contributed by atoms with Crippen molar-refractivity contribution in [1.82, 2.24) is 9.97 Å². The van der Waals surface area contributed by atoms with Crippen molar-refractivity contribution < 1.29 is 4.79 Å². The van der Waals surface area contributed by atoms with Gasteiger partial charge in [0, 0.05) is 10.7 Å². The van der Waals surface area contributed by atoms with Crippen LogP contribution in [0.4, 0.5) is 5.69 Å². The van der Waals surface area contributed by atoms with Crippen LogP contribution in [0, 0.1) is 0 Å². The first-order chi connectivity index (χ1) is 8.06. The van der Waals surface area contributed by atoms with E-state index in [1.54, 1.807) is 24.3 Å². The molecule has 1 aromatic carbocycles. The summed E-state index contributed by atoms with van der Waals surface area (Å²) in [4.78, 5) is 18.0. The van der Waals surface area contributed by atoms with Gasteiger partial charge in [-0.25, -0.2) is 4.98 Å². The third kappa shape index (κ3) is 2.91. The SMILES string of the molecule is O=C(Nc1ccc(Cl)cc1)c1nc(Cl)c(Cl)[nH]1. The van der Waals surface area contributed by atoms with Crippen LogP contribution in [0.2, 0.25) is 15.3 Å². The van der Waals surface area contributed by atoms with Gasteiger partial charge in [-0.2, -0.15) is 0 Å². The molecule has 2 N–H and O–H groups in total. The van der Waals surface area contributed by atoms with Gasteiger partial charge < -0.3 is 10.3 Å². The lowest BCUT2D eigenvalue weighted by Crippen LogP contribution is -2.13. The molecule has 7 heteroatoms. The monoisotopic (exact) mass is 289 g/mol. The second-order valence-corrected chi connectivity index (χ2v) is 4.32. The lowest BCUT2D eigenvalue weighted by molar-refractivity contribution is 0.101. The smallest absolute Gasteiger partial charge is 0.291 e. The lowest BCUT2D eigenvalue weighted by atomic mass is 10.3. The number of aromatic nitrogens is 2. The fourth-order valence-electron chi connectivity index (χ4n) is 1.16. The van der Waals surface area contributed by atoms with Crippen molar-refractivity contribution >= 4 is 46.4 Å². The third-order valence-corrected chi connectivity index (χ3v) is 2.83. The predicted octanol–water partition coefficient (Wildman–Crippen LogP) is 3.62.